The van der Waals surface area contributed by atoms with Gasteiger partial charge in [-0.25, -0.2) is 0 Å². The van der Waals surface area contributed by atoms with Crippen molar-refractivity contribution >= 4 is 16.3 Å². The van der Waals surface area contributed by atoms with E-state index in [9.17, 15) is 8.42 Å². The van der Waals surface area contributed by atoms with Gasteiger partial charge in [0.2, 0.25) is 0 Å². The number of nitrogens with zero attached hydrogens (tertiary/aromatic N) is 1. The predicted octanol–water partition coefficient (Wildman–Crippen LogP) is 1.01. The third kappa shape index (κ3) is 4.72. The lowest BCUT2D eigenvalue weighted by molar-refractivity contribution is 0.355. The molecule has 0 saturated heterocycles. The largest absolute Gasteiger partial charge is 0.493 e. The van der Waals surface area contributed by atoms with Gasteiger partial charge < -0.3 is 9.47 Å². The van der Waals surface area contributed by atoms with Crippen molar-refractivity contribution in [1.29, 1.82) is 0 Å². The smallest absolute Gasteiger partial charge is 0.266 e. The molecule has 1 aromatic carbocycles. The maximum atomic E-state index is 10.5. The van der Waals surface area contributed by atoms with Crippen LogP contribution in [0, 0.1) is 0 Å². The molecule has 0 unspecified atom stereocenters. The van der Waals surface area contributed by atoms with E-state index in [1.807, 2.05) is 0 Å². The number of aliphatic imine (C=N–C) groups is 1. The maximum absolute atomic E-state index is 10.5. The molecule has 6 nitrogen and oxygen atoms in total. The molecular formula is C11H15NO5S. The number of hydrogen-bond donors (Lipinski definition) is 1. The molecule has 0 aliphatic carbocycles. The summed E-state index contributed by atoms with van der Waals surface area (Å²) < 4.78 is 39.7. The van der Waals surface area contributed by atoms with Crippen LogP contribution in [0.3, 0.4) is 0 Å². The van der Waals surface area contributed by atoms with Gasteiger partial charge in [0.25, 0.3) is 10.1 Å². The van der Waals surface area contributed by atoms with E-state index < -0.39 is 15.9 Å². The number of ether oxygens (including phenoxy) is 2. The molecule has 18 heavy (non-hydrogen) atoms. The summed E-state index contributed by atoms with van der Waals surface area (Å²) in [5, 5.41) is 0. The summed E-state index contributed by atoms with van der Waals surface area (Å²) in [6.07, 6.45) is 1.51. The third-order valence-electron chi connectivity index (χ3n) is 2.13. The summed E-state index contributed by atoms with van der Waals surface area (Å²) in [5.74, 6) is 0.778. The molecule has 100 valence electrons. The lowest BCUT2D eigenvalue weighted by Crippen LogP contribution is -2.06. The Morgan fingerprint density at radius 1 is 1.28 bits per heavy atom. The summed E-state index contributed by atoms with van der Waals surface area (Å²) in [5.41, 5.74) is 0.753. The standard InChI is InChI=1S/C11H15NO5S/c1-16-10-4-3-9(7-11(10)17-2)8-12-5-6-18(13,14)15/h3-4,7-8H,5-6H2,1-2H3,(H,13,14,15)/b12-8-. The van der Waals surface area contributed by atoms with Gasteiger partial charge in [0.15, 0.2) is 11.5 Å². The molecule has 1 aromatic rings. The van der Waals surface area contributed by atoms with Crippen molar-refractivity contribution < 1.29 is 22.4 Å². The molecule has 0 aliphatic heterocycles. The lowest BCUT2D eigenvalue weighted by atomic mass is 10.2. The molecule has 0 spiro atoms. The van der Waals surface area contributed by atoms with Gasteiger partial charge >= 0.3 is 0 Å². The molecule has 0 amide bonds. The Morgan fingerprint density at radius 3 is 2.50 bits per heavy atom. The first kappa shape index (κ1) is 14.5. The second-order valence-electron chi connectivity index (χ2n) is 3.44. The number of hydrogen-bond acceptors (Lipinski definition) is 5. The zero-order valence-corrected chi connectivity index (χ0v) is 11.0. The summed E-state index contributed by atoms with van der Waals surface area (Å²) in [4.78, 5) is 3.90. The van der Waals surface area contributed by atoms with E-state index >= 15 is 0 Å². The Hall–Kier alpha value is -1.60. The molecule has 7 heteroatoms. The Bertz CT molecular complexity index is 524. The lowest BCUT2D eigenvalue weighted by Gasteiger charge is -2.07. The van der Waals surface area contributed by atoms with Crippen LogP contribution in [0.2, 0.25) is 0 Å². The Balaban J connectivity index is 2.70. The van der Waals surface area contributed by atoms with Crippen LogP contribution >= 0.6 is 0 Å². The van der Waals surface area contributed by atoms with Gasteiger partial charge in [-0.2, -0.15) is 8.42 Å². The van der Waals surface area contributed by atoms with E-state index in [1.165, 1.54) is 20.4 Å². The van der Waals surface area contributed by atoms with E-state index in [4.69, 9.17) is 14.0 Å². The van der Waals surface area contributed by atoms with Gasteiger partial charge in [-0.05, 0) is 23.8 Å². The van der Waals surface area contributed by atoms with Crippen LogP contribution in [0.4, 0.5) is 0 Å². The zero-order valence-electron chi connectivity index (χ0n) is 10.2. The Morgan fingerprint density at radius 2 is 1.94 bits per heavy atom. The normalized spacial score (nSPS) is 11.7. The number of methoxy groups -OCH3 is 2. The molecule has 0 heterocycles. The fourth-order valence-corrected chi connectivity index (χ4v) is 1.61. The first-order chi connectivity index (χ1) is 8.46. The molecule has 0 bridgehead atoms. The first-order valence-corrected chi connectivity index (χ1v) is 6.74. The highest BCUT2D eigenvalue weighted by molar-refractivity contribution is 7.85. The quantitative estimate of drug-likeness (QED) is 0.617. The zero-order chi connectivity index (χ0) is 13.6. The molecule has 0 fully saturated rings. The van der Waals surface area contributed by atoms with E-state index in [2.05, 4.69) is 4.99 Å². The van der Waals surface area contributed by atoms with Crippen molar-refractivity contribution in [3.05, 3.63) is 23.8 Å². The monoisotopic (exact) mass is 273 g/mol. The maximum Gasteiger partial charge on any atom is 0.266 e. The van der Waals surface area contributed by atoms with E-state index in [-0.39, 0.29) is 6.54 Å². The van der Waals surface area contributed by atoms with Gasteiger partial charge in [-0.1, -0.05) is 0 Å². The van der Waals surface area contributed by atoms with E-state index in [1.54, 1.807) is 18.2 Å². The van der Waals surface area contributed by atoms with Gasteiger partial charge in [-0.15, -0.1) is 0 Å². The van der Waals surface area contributed by atoms with Crippen LogP contribution in [0.5, 0.6) is 11.5 Å². The minimum absolute atomic E-state index is 0.00712. The molecule has 0 aromatic heterocycles. The number of rotatable bonds is 6. The van der Waals surface area contributed by atoms with Crippen molar-refractivity contribution in [3.63, 3.8) is 0 Å². The van der Waals surface area contributed by atoms with E-state index in [0.29, 0.717) is 11.5 Å². The van der Waals surface area contributed by atoms with Gasteiger partial charge in [0.1, 0.15) is 0 Å². The van der Waals surface area contributed by atoms with Crippen LogP contribution < -0.4 is 9.47 Å². The van der Waals surface area contributed by atoms with Crippen molar-refractivity contribution in [3.8, 4) is 11.5 Å². The van der Waals surface area contributed by atoms with Crippen LogP contribution in [0.25, 0.3) is 0 Å². The molecule has 0 radical (unpaired) electrons. The summed E-state index contributed by atoms with van der Waals surface area (Å²) in [6.45, 7) is 0.00712. The second kappa shape index (κ2) is 6.36. The Kier molecular flexibility index (Phi) is 5.11. The average Bonchev–Trinajstić information content (AvgIpc) is 2.33. The minimum Gasteiger partial charge on any atom is -0.493 e. The van der Waals surface area contributed by atoms with Crippen LogP contribution in [0.15, 0.2) is 23.2 Å². The highest BCUT2D eigenvalue weighted by Crippen LogP contribution is 2.26. The molecular weight excluding hydrogens is 258 g/mol. The Labute approximate surface area is 106 Å². The summed E-state index contributed by atoms with van der Waals surface area (Å²) in [7, 11) is -0.896. The molecule has 1 N–H and O–H groups in total. The summed E-state index contributed by atoms with van der Waals surface area (Å²) in [6, 6.07) is 5.21. The minimum atomic E-state index is -3.96. The highest BCUT2D eigenvalue weighted by Gasteiger charge is 2.04. The topological polar surface area (TPSA) is 85.2 Å². The highest BCUT2D eigenvalue weighted by atomic mass is 32.2. The van der Waals surface area contributed by atoms with Gasteiger partial charge in [0, 0.05) is 6.21 Å². The predicted molar refractivity (Wildman–Crippen MR) is 68.4 cm³/mol. The van der Waals surface area contributed by atoms with Crippen molar-refractivity contribution in [2.45, 2.75) is 0 Å². The second-order valence-corrected chi connectivity index (χ2v) is 5.01. The summed E-state index contributed by atoms with van der Waals surface area (Å²) >= 11 is 0. The van der Waals surface area contributed by atoms with Crippen LogP contribution in [-0.4, -0.2) is 45.7 Å². The van der Waals surface area contributed by atoms with Crippen LogP contribution in [0.1, 0.15) is 5.56 Å². The molecule has 1 rings (SSSR count). The van der Waals surface area contributed by atoms with E-state index in [0.717, 1.165) is 5.56 Å². The average molecular weight is 273 g/mol. The third-order valence-corrected chi connectivity index (χ3v) is 2.82. The SMILES string of the molecule is COc1ccc(/C=N\CCS(=O)(=O)O)cc1OC. The van der Waals surface area contributed by atoms with Crippen molar-refractivity contribution in [2.75, 3.05) is 26.5 Å². The molecule has 0 atom stereocenters. The van der Waals surface area contributed by atoms with Crippen LogP contribution in [-0.2, 0) is 10.1 Å². The first-order valence-electron chi connectivity index (χ1n) is 5.13. The van der Waals surface area contributed by atoms with Gasteiger partial charge in [-0.3, -0.25) is 9.55 Å². The number of benzene rings is 1. The van der Waals surface area contributed by atoms with Gasteiger partial charge in [0.05, 0.1) is 26.5 Å². The fourth-order valence-electron chi connectivity index (χ4n) is 1.27. The molecule has 0 saturated carbocycles. The van der Waals surface area contributed by atoms with Crippen molar-refractivity contribution in [2.24, 2.45) is 4.99 Å². The fraction of sp³-hybridized carbons (Fsp3) is 0.364. The molecule has 0 aliphatic rings. The van der Waals surface area contributed by atoms with Crippen molar-refractivity contribution in [1.82, 2.24) is 0 Å².